The van der Waals surface area contributed by atoms with E-state index in [0.29, 0.717) is 29.4 Å². The highest BCUT2D eigenvalue weighted by Gasteiger charge is 2.16. The van der Waals surface area contributed by atoms with Gasteiger partial charge in [-0.25, -0.2) is 9.97 Å². The standard InChI is InChI=1S/C16H16N6O/c17-8-1-3-10-12(5-8)20-15(19-10)7-14(23)16-21-11-4-2-9(18)6-13(11)22-16/h1-6,14,23H,7,17-18H2,(H,19,20)(H,21,22). The molecule has 2 aromatic carbocycles. The third-order valence-corrected chi connectivity index (χ3v) is 3.78. The highest BCUT2D eigenvalue weighted by molar-refractivity contribution is 5.79. The molecule has 0 amide bonds. The second kappa shape index (κ2) is 4.99. The van der Waals surface area contributed by atoms with Gasteiger partial charge in [-0.2, -0.15) is 0 Å². The number of aromatic nitrogens is 4. The molecule has 116 valence electrons. The lowest BCUT2D eigenvalue weighted by atomic mass is 10.2. The van der Waals surface area contributed by atoms with E-state index in [4.69, 9.17) is 11.5 Å². The van der Waals surface area contributed by atoms with Gasteiger partial charge in [0.05, 0.1) is 22.1 Å². The lowest BCUT2D eigenvalue weighted by Gasteiger charge is -2.04. The SMILES string of the molecule is Nc1ccc2nc(CC(O)c3nc4ccc(N)cc4[nH]3)[nH]c2c1. The summed E-state index contributed by atoms with van der Waals surface area (Å²) in [7, 11) is 0. The van der Waals surface area contributed by atoms with Crippen LogP contribution in [0.3, 0.4) is 0 Å². The maximum Gasteiger partial charge on any atom is 0.136 e. The minimum absolute atomic E-state index is 0.323. The van der Waals surface area contributed by atoms with Gasteiger partial charge in [-0.3, -0.25) is 0 Å². The average molecular weight is 308 g/mol. The topological polar surface area (TPSA) is 130 Å². The Bertz CT molecular complexity index is 1000. The molecule has 0 saturated carbocycles. The van der Waals surface area contributed by atoms with Crippen LogP contribution in [0, 0.1) is 0 Å². The number of nitrogens with two attached hydrogens (primary N) is 2. The first-order valence-corrected chi connectivity index (χ1v) is 7.26. The van der Waals surface area contributed by atoms with Crippen LogP contribution < -0.4 is 11.5 Å². The summed E-state index contributed by atoms with van der Waals surface area (Å²) in [6, 6.07) is 10.9. The van der Waals surface area contributed by atoms with Crippen LogP contribution in [-0.4, -0.2) is 25.0 Å². The number of rotatable bonds is 3. The molecule has 0 radical (unpaired) electrons. The van der Waals surface area contributed by atoms with Crippen LogP contribution in [0.4, 0.5) is 11.4 Å². The second-order valence-electron chi connectivity index (χ2n) is 5.58. The predicted molar refractivity (Wildman–Crippen MR) is 89.7 cm³/mol. The molecule has 7 N–H and O–H groups in total. The van der Waals surface area contributed by atoms with Crippen LogP contribution >= 0.6 is 0 Å². The molecule has 0 aliphatic rings. The van der Waals surface area contributed by atoms with Gasteiger partial charge in [0, 0.05) is 17.8 Å². The van der Waals surface area contributed by atoms with Gasteiger partial charge >= 0.3 is 0 Å². The number of hydrogen-bond acceptors (Lipinski definition) is 5. The number of nitrogens with one attached hydrogen (secondary N) is 2. The summed E-state index contributed by atoms with van der Waals surface area (Å²) in [5.41, 5.74) is 16.1. The lowest BCUT2D eigenvalue weighted by Crippen LogP contribution is -2.05. The Balaban J connectivity index is 1.63. The molecule has 0 spiro atoms. The summed E-state index contributed by atoms with van der Waals surface area (Å²) in [5, 5.41) is 10.4. The monoisotopic (exact) mass is 308 g/mol. The number of aromatic amines is 2. The molecule has 0 bridgehead atoms. The van der Waals surface area contributed by atoms with Crippen LogP contribution in [0.2, 0.25) is 0 Å². The maximum atomic E-state index is 10.4. The first-order chi connectivity index (χ1) is 11.1. The fourth-order valence-corrected chi connectivity index (χ4v) is 2.66. The Morgan fingerprint density at radius 2 is 1.52 bits per heavy atom. The van der Waals surface area contributed by atoms with E-state index in [9.17, 15) is 5.11 Å². The van der Waals surface area contributed by atoms with Gasteiger partial charge in [-0.15, -0.1) is 0 Å². The molecule has 1 unspecified atom stereocenters. The van der Waals surface area contributed by atoms with Crippen molar-refractivity contribution in [1.29, 1.82) is 0 Å². The molecule has 0 fully saturated rings. The maximum absolute atomic E-state index is 10.4. The van der Waals surface area contributed by atoms with Gasteiger partial charge in [-0.1, -0.05) is 0 Å². The number of nitrogen functional groups attached to an aromatic ring is 2. The summed E-state index contributed by atoms with van der Waals surface area (Å²) in [6.45, 7) is 0. The average Bonchev–Trinajstić information content (AvgIpc) is 3.09. The fourth-order valence-electron chi connectivity index (χ4n) is 2.66. The molecule has 0 aliphatic heterocycles. The molecule has 23 heavy (non-hydrogen) atoms. The van der Waals surface area contributed by atoms with Crippen LogP contribution in [0.1, 0.15) is 17.8 Å². The molecule has 0 aliphatic carbocycles. The Morgan fingerprint density at radius 3 is 2.22 bits per heavy atom. The van der Waals surface area contributed by atoms with Gasteiger partial charge < -0.3 is 26.5 Å². The van der Waals surface area contributed by atoms with E-state index in [0.717, 1.165) is 22.1 Å². The third kappa shape index (κ3) is 2.47. The Labute approximate surface area is 131 Å². The zero-order chi connectivity index (χ0) is 16.0. The summed E-state index contributed by atoms with van der Waals surface area (Å²) in [6.07, 6.45) is -0.467. The van der Waals surface area contributed by atoms with Crippen LogP contribution in [0.25, 0.3) is 22.1 Å². The number of aliphatic hydroxyl groups excluding tert-OH is 1. The Kier molecular flexibility index (Phi) is 2.95. The van der Waals surface area contributed by atoms with Crippen molar-refractivity contribution < 1.29 is 5.11 Å². The summed E-state index contributed by atoms with van der Waals surface area (Å²) >= 11 is 0. The van der Waals surface area contributed by atoms with Crippen molar-refractivity contribution in [2.24, 2.45) is 0 Å². The number of aliphatic hydroxyl groups is 1. The number of fused-ring (bicyclic) bond motifs is 2. The van der Waals surface area contributed by atoms with Gasteiger partial charge in [0.1, 0.15) is 17.8 Å². The van der Waals surface area contributed by atoms with Gasteiger partial charge in [-0.05, 0) is 36.4 Å². The van der Waals surface area contributed by atoms with E-state index in [-0.39, 0.29) is 0 Å². The van der Waals surface area contributed by atoms with E-state index in [2.05, 4.69) is 19.9 Å². The molecule has 4 aromatic rings. The summed E-state index contributed by atoms with van der Waals surface area (Å²) < 4.78 is 0. The minimum Gasteiger partial charge on any atom is -0.399 e. The number of hydrogen-bond donors (Lipinski definition) is 5. The largest absolute Gasteiger partial charge is 0.399 e. The van der Waals surface area contributed by atoms with E-state index >= 15 is 0 Å². The molecule has 7 nitrogen and oxygen atoms in total. The van der Waals surface area contributed by atoms with Crippen molar-refractivity contribution in [3.63, 3.8) is 0 Å². The number of benzene rings is 2. The van der Waals surface area contributed by atoms with Crippen LogP contribution in [0.5, 0.6) is 0 Å². The van der Waals surface area contributed by atoms with E-state index < -0.39 is 6.10 Å². The van der Waals surface area contributed by atoms with Gasteiger partial charge in [0.2, 0.25) is 0 Å². The van der Waals surface area contributed by atoms with Gasteiger partial charge in [0.25, 0.3) is 0 Å². The highest BCUT2D eigenvalue weighted by atomic mass is 16.3. The third-order valence-electron chi connectivity index (χ3n) is 3.78. The van der Waals surface area contributed by atoms with Crippen molar-refractivity contribution in [2.75, 3.05) is 11.5 Å². The zero-order valence-corrected chi connectivity index (χ0v) is 12.2. The molecule has 4 rings (SSSR count). The number of H-pyrrole nitrogens is 2. The summed E-state index contributed by atoms with van der Waals surface area (Å²) in [5.74, 6) is 1.17. The molecule has 2 heterocycles. The van der Waals surface area contributed by atoms with E-state index in [1.165, 1.54) is 0 Å². The van der Waals surface area contributed by atoms with Crippen LogP contribution in [0.15, 0.2) is 36.4 Å². The van der Waals surface area contributed by atoms with Crippen molar-refractivity contribution in [1.82, 2.24) is 19.9 Å². The summed E-state index contributed by atoms with van der Waals surface area (Å²) in [4.78, 5) is 15.1. The smallest absolute Gasteiger partial charge is 0.136 e. The lowest BCUT2D eigenvalue weighted by molar-refractivity contribution is 0.167. The Morgan fingerprint density at radius 1 is 0.913 bits per heavy atom. The van der Waals surface area contributed by atoms with E-state index in [1.807, 2.05) is 18.2 Å². The van der Waals surface area contributed by atoms with Crippen molar-refractivity contribution >= 4 is 33.4 Å². The van der Waals surface area contributed by atoms with Crippen LogP contribution in [-0.2, 0) is 6.42 Å². The number of anilines is 2. The van der Waals surface area contributed by atoms with Crippen molar-refractivity contribution in [3.8, 4) is 0 Å². The van der Waals surface area contributed by atoms with Crippen molar-refractivity contribution in [2.45, 2.75) is 12.5 Å². The fraction of sp³-hybridized carbons (Fsp3) is 0.125. The number of nitrogens with zero attached hydrogens (tertiary/aromatic N) is 2. The quantitative estimate of drug-likeness (QED) is 0.369. The first-order valence-electron chi connectivity index (χ1n) is 7.26. The predicted octanol–water partition coefficient (Wildman–Crippen LogP) is 1.88. The molecular weight excluding hydrogens is 292 g/mol. The Hall–Kier alpha value is -3.06. The molecule has 2 aromatic heterocycles. The molecular formula is C16H16N6O. The molecule has 7 heteroatoms. The minimum atomic E-state index is -0.790. The molecule has 0 saturated heterocycles. The van der Waals surface area contributed by atoms with E-state index in [1.54, 1.807) is 18.2 Å². The van der Waals surface area contributed by atoms with Gasteiger partial charge in [0.15, 0.2) is 0 Å². The normalized spacial score (nSPS) is 12.9. The number of imidazole rings is 2. The highest BCUT2D eigenvalue weighted by Crippen LogP contribution is 2.22. The zero-order valence-electron chi connectivity index (χ0n) is 12.2. The molecule has 1 atom stereocenters. The second-order valence-corrected chi connectivity index (χ2v) is 5.58. The van der Waals surface area contributed by atoms with Crippen molar-refractivity contribution in [3.05, 3.63) is 48.0 Å². The first kappa shape index (κ1) is 13.6.